The van der Waals surface area contributed by atoms with Crippen molar-refractivity contribution in [1.82, 2.24) is 9.55 Å². The normalized spacial score (nSPS) is 11.0. The number of para-hydroxylation sites is 1. The molecule has 0 aliphatic rings. The molecule has 5 aromatic rings. The predicted octanol–water partition coefficient (Wildman–Crippen LogP) is 5.80. The second-order valence-corrected chi connectivity index (χ2v) is 9.65. The fourth-order valence-electron chi connectivity index (χ4n) is 4.44. The molecular weight excluding hydrogens is 519 g/mol. The summed E-state index contributed by atoms with van der Waals surface area (Å²) in [7, 11) is 0. The van der Waals surface area contributed by atoms with Gasteiger partial charge in [-0.2, -0.15) is 0 Å². The highest BCUT2D eigenvalue weighted by atomic mass is 32.1. The zero-order valence-electron chi connectivity index (χ0n) is 21.1. The Morgan fingerprint density at radius 1 is 1.00 bits per heavy atom. The van der Waals surface area contributed by atoms with E-state index in [2.05, 4.69) is 11.6 Å². The maximum atomic E-state index is 13.7. The Labute approximate surface area is 227 Å². The van der Waals surface area contributed by atoms with Gasteiger partial charge in [0.25, 0.3) is 0 Å². The van der Waals surface area contributed by atoms with Crippen LogP contribution in [-0.4, -0.2) is 27.9 Å². The number of H-pyrrole nitrogens is 1. The average molecular weight is 545 g/mol. The maximum Gasteiger partial charge on any atom is 0.307 e. The minimum absolute atomic E-state index is 0.102. The molecule has 39 heavy (non-hydrogen) atoms. The van der Waals surface area contributed by atoms with Crippen LogP contribution < -0.4 is 19.8 Å². The molecule has 0 amide bonds. The summed E-state index contributed by atoms with van der Waals surface area (Å²) in [5.41, 5.74) is 3.03. The first-order chi connectivity index (χ1) is 18.9. The SMILES string of the molecule is C=C(c1ccc(OCCOc2c(-c3ccc(F)cc3)n(CC)c3ccccc3c2=O)cc1)c1sc(=O)[nH]c1O. The molecule has 0 atom stereocenters. The van der Waals surface area contributed by atoms with Crippen molar-refractivity contribution in [2.45, 2.75) is 13.5 Å². The van der Waals surface area contributed by atoms with Gasteiger partial charge in [0.1, 0.15) is 24.8 Å². The number of aromatic amines is 1. The number of nitrogens with one attached hydrogen (secondary N) is 1. The second-order valence-electron chi connectivity index (χ2n) is 8.67. The molecule has 3 aromatic carbocycles. The van der Waals surface area contributed by atoms with Crippen molar-refractivity contribution in [2.75, 3.05) is 13.2 Å². The zero-order valence-corrected chi connectivity index (χ0v) is 21.9. The van der Waals surface area contributed by atoms with Gasteiger partial charge in [-0.15, -0.1) is 0 Å². The van der Waals surface area contributed by atoms with Crippen LogP contribution in [0.3, 0.4) is 0 Å². The molecule has 198 valence electrons. The number of benzene rings is 3. The molecule has 0 spiro atoms. The van der Waals surface area contributed by atoms with Crippen LogP contribution in [0.4, 0.5) is 4.39 Å². The lowest BCUT2D eigenvalue weighted by atomic mass is 10.1. The lowest BCUT2D eigenvalue weighted by molar-refractivity contribution is 0.216. The number of pyridine rings is 1. The minimum Gasteiger partial charge on any atom is -0.493 e. The highest BCUT2D eigenvalue weighted by molar-refractivity contribution is 7.10. The second kappa shape index (κ2) is 11.0. The van der Waals surface area contributed by atoms with Gasteiger partial charge >= 0.3 is 4.87 Å². The summed E-state index contributed by atoms with van der Waals surface area (Å²) in [4.78, 5) is 27.3. The Morgan fingerprint density at radius 2 is 1.69 bits per heavy atom. The Bertz CT molecular complexity index is 1770. The number of ether oxygens (including phenoxy) is 2. The third kappa shape index (κ3) is 5.21. The van der Waals surface area contributed by atoms with E-state index in [1.54, 1.807) is 42.5 Å². The van der Waals surface area contributed by atoms with Gasteiger partial charge in [0, 0.05) is 17.5 Å². The molecule has 0 aliphatic heterocycles. The van der Waals surface area contributed by atoms with Crippen molar-refractivity contribution in [3.05, 3.63) is 116 Å². The number of aromatic nitrogens is 2. The van der Waals surface area contributed by atoms with Crippen LogP contribution in [0.5, 0.6) is 17.4 Å². The van der Waals surface area contributed by atoms with Gasteiger partial charge < -0.3 is 19.1 Å². The Balaban J connectivity index is 1.35. The summed E-state index contributed by atoms with van der Waals surface area (Å²) >= 11 is 0.886. The van der Waals surface area contributed by atoms with Gasteiger partial charge in [-0.3, -0.25) is 14.6 Å². The van der Waals surface area contributed by atoms with E-state index in [4.69, 9.17) is 9.47 Å². The molecule has 0 unspecified atom stereocenters. The van der Waals surface area contributed by atoms with Crippen LogP contribution in [0.1, 0.15) is 17.4 Å². The monoisotopic (exact) mass is 544 g/mol. The first kappa shape index (κ1) is 26.0. The number of hydrogen-bond donors (Lipinski definition) is 2. The lowest BCUT2D eigenvalue weighted by Crippen LogP contribution is -2.19. The average Bonchev–Trinajstić information content (AvgIpc) is 3.29. The van der Waals surface area contributed by atoms with E-state index in [0.717, 1.165) is 22.4 Å². The molecule has 0 bridgehead atoms. The highest BCUT2D eigenvalue weighted by Gasteiger charge is 2.19. The minimum atomic E-state index is -0.365. The van der Waals surface area contributed by atoms with Crippen LogP contribution in [0.2, 0.25) is 0 Å². The molecule has 7 nitrogen and oxygen atoms in total. The van der Waals surface area contributed by atoms with E-state index in [9.17, 15) is 19.1 Å². The largest absolute Gasteiger partial charge is 0.493 e. The summed E-state index contributed by atoms with van der Waals surface area (Å²) in [6.07, 6.45) is 0. The number of hydrogen-bond acceptors (Lipinski definition) is 6. The van der Waals surface area contributed by atoms with E-state index >= 15 is 0 Å². The molecule has 5 rings (SSSR count). The van der Waals surface area contributed by atoms with Crippen LogP contribution in [-0.2, 0) is 6.54 Å². The quantitative estimate of drug-likeness (QED) is 0.229. The fraction of sp³-hybridized carbons (Fsp3) is 0.133. The number of rotatable bonds is 9. The summed E-state index contributed by atoms with van der Waals surface area (Å²) in [5.74, 6) is 0.187. The van der Waals surface area contributed by atoms with Gasteiger partial charge in [-0.1, -0.05) is 42.2 Å². The third-order valence-corrected chi connectivity index (χ3v) is 7.20. The predicted molar refractivity (Wildman–Crippen MR) is 151 cm³/mol. The van der Waals surface area contributed by atoms with Crippen molar-refractivity contribution in [1.29, 1.82) is 0 Å². The van der Waals surface area contributed by atoms with Crippen molar-refractivity contribution in [3.63, 3.8) is 0 Å². The summed E-state index contributed by atoms with van der Waals surface area (Å²) in [6.45, 7) is 6.80. The van der Waals surface area contributed by atoms with Crippen LogP contribution in [0, 0.1) is 5.82 Å². The first-order valence-corrected chi connectivity index (χ1v) is 13.1. The topological polar surface area (TPSA) is 93.5 Å². The van der Waals surface area contributed by atoms with E-state index in [-0.39, 0.29) is 41.0 Å². The molecular formula is C30H25FN2O5S. The number of aromatic hydroxyl groups is 1. The smallest absolute Gasteiger partial charge is 0.307 e. The maximum absolute atomic E-state index is 13.7. The molecule has 2 heterocycles. The standard InChI is InChI=1S/C30H25FN2O5S/c1-3-33-24-7-5-4-6-23(24)26(34)27(25(33)20-8-12-21(31)13-9-20)38-17-16-37-22-14-10-19(11-15-22)18(2)28-29(35)32-30(36)39-28/h4-15,35H,2-3,16-17H2,1H3,(H,32,36). The zero-order chi connectivity index (χ0) is 27.5. The van der Waals surface area contributed by atoms with Crippen molar-refractivity contribution >= 4 is 27.8 Å². The number of thiazole rings is 1. The molecule has 9 heteroatoms. The van der Waals surface area contributed by atoms with E-state index in [1.165, 1.54) is 12.1 Å². The van der Waals surface area contributed by atoms with Gasteiger partial charge in [0.15, 0.2) is 5.75 Å². The molecule has 0 fully saturated rings. The van der Waals surface area contributed by atoms with Crippen LogP contribution >= 0.6 is 11.3 Å². The van der Waals surface area contributed by atoms with E-state index < -0.39 is 0 Å². The van der Waals surface area contributed by atoms with Gasteiger partial charge in [-0.05, 0) is 66.6 Å². The molecule has 0 saturated heterocycles. The Morgan fingerprint density at radius 3 is 2.36 bits per heavy atom. The number of nitrogens with zero attached hydrogens (tertiary/aromatic N) is 1. The molecule has 0 radical (unpaired) electrons. The summed E-state index contributed by atoms with van der Waals surface area (Å²) < 4.78 is 27.5. The summed E-state index contributed by atoms with van der Waals surface area (Å²) in [6, 6.07) is 20.4. The van der Waals surface area contributed by atoms with Crippen molar-refractivity contribution < 1.29 is 19.0 Å². The van der Waals surface area contributed by atoms with Crippen molar-refractivity contribution in [2.24, 2.45) is 0 Å². The molecule has 0 saturated carbocycles. The van der Waals surface area contributed by atoms with E-state index in [0.29, 0.717) is 39.4 Å². The molecule has 2 N–H and O–H groups in total. The Hall–Kier alpha value is -4.63. The lowest BCUT2D eigenvalue weighted by Gasteiger charge is -2.20. The van der Waals surface area contributed by atoms with Gasteiger partial charge in [0.05, 0.1) is 16.1 Å². The Kier molecular flexibility index (Phi) is 7.33. The van der Waals surface area contributed by atoms with Gasteiger partial charge in [0.2, 0.25) is 11.3 Å². The van der Waals surface area contributed by atoms with Crippen LogP contribution in [0.15, 0.2) is 89.0 Å². The first-order valence-electron chi connectivity index (χ1n) is 12.3. The van der Waals surface area contributed by atoms with Crippen molar-refractivity contribution in [3.8, 4) is 28.6 Å². The third-order valence-electron chi connectivity index (χ3n) is 6.27. The number of halogens is 1. The van der Waals surface area contributed by atoms with E-state index in [1.807, 2.05) is 29.7 Å². The number of aryl methyl sites for hydroxylation is 1. The fourth-order valence-corrected chi connectivity index (χ4v) is 5.16. The molecule has 2 aromatic heterocycles. The molecule has 0 aliphatic carbocycles. The van der Waals surface area contributed by atoms with Gasteiger partial charge in [-0.25, -0.2) is 4.39 Å². The summed E-state index contributed by atoms with van der Waals surface area (Å²) in [5, 5.41) is 10.4. The number of fused-ring (bicyclic) bond motifs is 1. The highest BCUT2D eigenvalue weighted by Crippen LogP contribution is 2.32. The van der Waals surface area contributed by atoms with Crippen LogP contribution in [0.25, 0.3) is 27.7 Å².